The van der Waals surface area contributed by atoms with Gasteiger partial charge in [0.25, 0.3) is 0 Å². The number of methoxy groups -OCH3 is 2. The minimum Gasteiger partial charge on any atom is -0.464 e. The van der Waals surface area contributed by atoms with Crippen LogP contribution < -0.4 is 15.4 Å². The van der Waals surface area contributed by atoms with Crippen LogP contribution in [0.15, 0.2) is 60.9 Å². The lowest BCUT2D eigenvalue weighted by Crippen LogP contribution is -2.53. The van der Waals surface area contributed by atoms with Gasteiger partial charge in [-0.1, -0.05) is 19.9 Å². The fraction of sp³-hybridized carbons (Fsp3) is 0.440. The SMILES string of the molecule is COC(=O)N[C@H](C(=O)N1CCC[C@H]1c1ncc(-c2cc(F)c3c(c2)OC(c2ccc(C(F)(F)F)s2)n2c-3cc3cc(-c4cnc([C@@H]5CCCN5C(=O)[C@@H](NC(=O)OC)C5CCOCC5)[nH]4)ccc32)[nH]1)C(C)C. The maximum Gasteiger partial charge on any atom is 0.425 e. The van der Waals surface area contributed by atoms with Gasteiger partial charge in [-0.2, -0.15) is 13.2 Å². The van der Waals surface area contributed by atoms with Crippen molar-refractivity contribution >= 4 is 46.2 Å². The van der Waals surface area contributed by atoms with Gasteiger partial charge in [-0.25, -0.2) is 23.9 Å². The smallest absolute Gasteiger partial charge is 0.425 e. The maximum absolute atomic E-state index is 16.9. The summed E-state index contributed by atoms with van der Waals surface area (Å²) in [5, 5.41) is 6.06. The Bertz CT molecular complexity index is 3030. The van der Waals surface area contributed by atoms with Crippen LogP contribution >= 0.6 is 11.3 Å². The number of halogens is 4. The Labute approximate surface area is 414 Å². The van der Waals surface area contributed by atoms with Crippen molar-refractivity contribution in [1.29, 1.82) is 0 Å². The Morgan fingerprint density at radius 1 is 0.806 bits per heavy atom. The summed E-state index contributed by atoms with van der Waals surface area (Å²) in [7, 11) is 2.49. The molecule has 0 bridgehead atoms. The molecule has 2 aromatic carbocycles. The minimum absolute atomic E-state index is 0.102. The van der Waals surface area contributed by atoms with E-state index >= 15 is 4.39 Å². The van der Waals surface area contributed by atoms with Crippen LogP contribution in [-0.4, -0.2) is 111 Å². The molecule has 5 atom stereocenters. The molecule has 4 aliphatic rings. The molecule has 4 N–H and O–H groups in total. The number of amides is 4. The number of fused-ring (bicyclic) bond motifs is 5. The quantitative estimate of drug-likeness (QED) is 0.0909. The number of thiophene rings is 1. The lowest BCUT2D eigenvalue weighted by Gasteiger charge is -2.34. The van der Waals surface area contributed by atoms with Gasteiger partial charge >= 0.3 is 18.4 Å². The van der Waals surface area contributed by atoms with Crippen molar-refractivity contribution in [1.82, 2.24) is 44.9 Å². The fourth-order valence-electron chi connectivity index (χ4n) is 10.5. The number of likely N-dealkylation sites (tertiary alicyclic amines) is 2. The number of nitrogens with one attached hydrogen (secondary N) is 4. The highest BCUT2D eigenvalue weighted by molar-refractivity contribution is 7.12. The molecular weight excluding hydrogens is 963 g/mol. The second-order valence-corrected chi connectivity index (χ2v) is 20.0. The summed E-state index contributed by atoms with van der Waals surface area (Å²) in [6, 6.07) is 10.2. The van der Waals surface area contributed by atoms with Crippen molar-refractivity contribution in [2.24, 2.45) is 11.8 Å². The van der Waals surface area contributed by atoms with Gasteiger partial charge in [0.05, 0.1) is 71.7 Å². The molecule has 1 unspecified atom stereocenters. The zero-order valence-corrected chi connectivity index (χ0v) is 40.6. The zero-order chi connectivity index (χ0) is 50.6. The molecule has 4 aliphatic heterocycles. The number of imidazole rings is 2. The Kier molecular flexibility index (Phi) is 13.2. The number of carbonyl (C=O) groups excluding carboxylic acids is 4. The van der Waals surface area contributed by atoms with Gasteiger partial charge in [0, 0.05) is 42.8 Å². The first-order chi connectivity index (χ1) is 34.6. The van der Waals surface area contributed by atoms with E-state index in [1.165, 1.54) is 32.5 Å². The number of hydrogen-bond acceptors (Lipinski definition) is 11. The molecule has 0 saturated carbocycles. The van der Waals surface area contributed by atoms with Crippen LogP contribution in [0, 0.1) is 17.7 Å². The Balaban J connectivity index is 0.963. The lowest BCUT2D eigenvalue weighted by atomic mass is 9.90. The van der Waals surface area contributed by atoms with Gasteiger partial charge in [0.1, 0.15) is 40.2 Å². The van der Waals surface area contributed by atoms with Gasteiger partial charge in [-0.05, 0) is 92.8 Å². The predicted octanol–water partition coefficient (Wildman–Crippen LogP) is 9.11. The van der Waals surface area contributed by atoms with Crippen molar-refractivity contribution in [3.63, 3.8) is 0 Å². The number of alkyl halides is 3. The van der Waals surface area contributed by atoms with Gasteiger partial charge in [0.2, 0.25) is 18.0 Å². The van der Waals surface area contributed by atoms with E-state index in [-0.39, 0.29) is 45.9 Å². The first-order valence-electron chi connectivity index (χ1n) is 23.9. The molecule has 8 heterocycles. The van der Waals surface area contributed by atoms with Crippen LogP contribution in [0.1, 0.15) is 92.1 Å². The molecule has 4 amide bonds. The van der Waals surface area contributed by atoms with Crippen LogP contribution in [0.3, 0.4) is 0 Å². The molecular formula is C50H53F4N9O8S. The second kappa shape index (κ2) is 19.6. The third-order valence-electron chi connectivity index (χ3n) is 14.1. The van der Waals surface area contributed by atoms with Crippen LogP contribution in [0.2, 0.25) is 0 Å². The summed E-state index contributed by atoms with van der Waals surface area (Å²) in [5.74, 6) is -0.378. The molecule has 0 aliphatic carbocycles. The molecule has 380 valence electrons. The molecule has 3 fully saturated rings. The number of nitrogens with zero attached hydrogens (tertiary/aromatic N) is 5. The third-order valence-corrected chi connectivity index (χ3v) is 15.3. The molecule has 0 spiro atoms. The van der Waals surface area contributed by atoms with Crippen LogP contribution in [0.4, 0.5) is 27.2 Å². The fourth-order valence-corrected chi connectivity index (χ4v) is 11.4. The molecule has 0 radical (unpaired) electrons. The Hall–Kier alpha value is -6.94. The van der Waals surface area contributed by atoms with E-state index in [1.807, 2.05) is 26.0 Å². The number of benzene rings is 2. The molecule has 22 heteroatoms. The summed E-state index contributed by atoms with van der Waals surface area (Å²) in [4.78, 5) is 71.4. The van der Waals surface area contributed by atoms with Crippen molar-refractivity contribution < 1.29 is 55.7 Å². The minimum atomic E-state index is -4.60. The summed E-state index contributed by atoms with van der Waals surface area (Å²) < 4.78 is 82.5. The van der Waals surface area contributed by atoms with Crippen molar-refractivity contribution in [3.05, 3.63) is 88.1 Å². The van der Waals surface area contributed by atoms with E-state index in [0.29, 0.717) is 121 Å². The standard InChI is InChI=1S/C50H53F4N9O8S/c1-25(2)41(59-48(66)68-3)45(64)61-15-5-7-34(61)44-56-24-32(58-44)28-20-30(51)40-36-21-29-19-27(9-10-33(29)63(36)47(71-37(40)22-28)38-11-12-39(72-38)50(52,53)54)31-23-55-43(57-31)35-8-6-16-62(35)46(65)42(60-49(67)69-4)26-13-17-70-18-14-26/h9-12,19-26,34-35,41-42,47H,5-8,13-18H2,1-4H3,(H,55,57)(H,56,58)(H,59,66)(H,60,67)/t34-,35-,41-,42-,47?/m0/s1. The van der Waals surface area contributed by atoms with Crippen molar-refractivity contribution in [2.45, 2.75) is 88.9 Å². The second-order valence-electron chi connectivity index (χ2n) is 18.8. The van der Waals surface area contributed by atoms with E-state index in [4.69, 9.17) is 23.9 Å². The number of alkyl carbamates (subject to hydrolysis) is 2. The van der Waals surface area contributed by atoms with Gasteiger partial charge in [-0.15, -0.1) is 11.3 Å². The summed E-state index contributed by atoms with van der Waals surface area (Å²) >= 11 is 0.543. The Morgan fingerprint density at radius 3 is 2.07 bits per heavy atom. The normalized spacial score (nSPS) is 20.0. The molecule has 17 nitrogen and oxygen atoms in total. The molecule has 10 rings (SSSR count). The summed E-state index contributed by atoms with van der Waals surface area (Å²) in [6.07, 6.45) is -0.0296. The van der Waals surface area contributed by atoms with Gasteiger partial charge in [0.15, 0.2) is 0 Å². The monoisotopic (exact) mass is 1020 g/mol. The van der Waals surface area contributed by atoms with Crippen molar-refractivity contribution in [3.8, 4) is 39.5 Å². The van der Waals surface area contributed by atoms with Gasteiger partial charge < -0.3 is 49.3 Å². The van der Waals surface area contributed by atoms with Crippen LogP contribution in [0.25, 0.3) is 44.7 Å². The molecule has 6 aromatic rings. The number of aromatic amines is 2. The average molecular weight is 1020 g/mol. The molecule has 3 saturated heterocycles. The van der Waals surface area contributed by atoms with E-state index in [2.05, 4.69) is 25.6 Å². The number of aromatic nitrogens is 5. The number of carbonyl (C=O) groups is 4. The van der Waals surface area contributed by atoms with E-state index in [0.717, 1.165) is 12.5 Å². The number of rotatable bonds is 11. The highest BCUT2D eigenvalue weighted by Gasteiger charge is 2.42. The van der Waals surface area contributed by atoms with Crippen LogP contribution in [0.5, 0.6) is 5.75 Å². The molecule has 72 heavy (non-hydrogen) atoms. The topological polar surface area (TPSA) is 198 Å². The Morgan fingerprint density at radius 2 is 1.44 bits per heavy atom. The highest BCUT2D eigenvalue weighted by Crippen LogP contribution is 2.49. The van der Waals surface area contributed by atoms with E-state index < -0.39 is 53.4 Å². The number of ether oxygens (including phenoxy) is 4. The zero-order valence-electron chi connectivity index (χ0n) is 39.8. The molecule has 4 aromatic heterocycles. The van der Waals surface area contributed by atoms with Crippen molar-refractivity contribution in [2.75, 3.05) is 40.5 Å². The largest absolute Gasteiger partial charge is 0.464 e. The third kappa shape index (κ3) is 9.13. The van der Waals surface area contributed by atoms with Gasteiger partial charge in [-0.3, -0.25) is 14.2 Å². The van der Waals surface area contributed by atoms with E-state index in [9.17, 15) is 32.3 Å². The maximum atomic E-state index is 16.9. The first kappa shape index (κ1) is 48.7. The lowest BCUT2D eigenvalue weighted by molar-refractivity contribution is -0.137. The summed E-state index contributed by atoms with van der Waals surface area (Å²) in [5.41, 5.74) is 3.21. The average Bonchev–Trinajstić information content (AvgIpc) is 4.24. The number of H-pyrrole nitrogens is 2. The van der Waals surface area contributed by atoms with E-state index in [1.54, 1.807) is 38.8 Å². The highest BCUT2D eigenvalue weighted by atomic mass is 32.1. The number of hydrogen-bond donors (Lipinski definition) is 4. The van der Waals surface area contributed by atoms with Crippen LogP contribution in [-0.2, 0) is 30.0 Å². The predicted molar refractivity (Wildman–Crippen MR) is 255 cm³/mol. The first-order valence-corrected chi connectivity index (χ1v) is 24.7. The summed E-state index contributed by atoms with van der Waals surface area (Å²) in [6.45, 7) is 5.53.